The van der Waals surface area contributed by atoms with Gasteiger partial charge in [-0.2, -0.15) is 21.6 Å². The molecule has 11 heteroatoms. The summed E-state index contributed by atoms with van der Waals surface area (Å²) in [7, 11) is -6.19. The third-order valence-corrected chi connectivity index (χ3v) is 4.76. The zero-order valence-corrected chi connectivity index (χ0v) is 16.6. The van der Waals surface area contributed by atoms with Gasteiger partial charge in [-0.1, -0.05) is 24.3 Å². The minimum atomic E-state index is -6.19. The average molecular weight is 437 g/mol. The first kappa shape index (κ1) is 22.9. The number of fused-ring (bicyclic) bond motifs is 1. The number of ether oxygens (including phenoxy) is 1. The fraction of sp³-hybridized carbons (Fsp3) is 0.389. The molecule has 2 aromatic carbocycles. The van der Waals surface area contributed by atoms with Crippen molar-refractivity contribution in [3.8, 4) is 5.75 Å². The van der Waals surface area contributed by atoms with Gasteiger partial charge in [0.2, 0.25) is 0 Å². The fourth-order valence-electron chi connectivity index (χ4n) is 2.65. The predicted octanol–water partition coefficient (Wildman–Crippen LogP) is 3.12. The molecule has 2 aromatic rings. The molecule has 6 nitrogen and oxygen atoms in total. The molecule has 0 radical (unpaired) electrons. The van der Waals surface area contributed by atoms with Gasteiger partial charge in [0.15, 0.2) is 5.75 Å². The number of hydrogen-bond acceptors (Lipinski definition) is 6. The van der Waals surface area contributed by atoms with Crippen LogP contribution in [0.2, 0.25) is 0 Å². The highest BCUT2D eigenvalue weighted by Crippen LogP contribution is 2.43. The third-order valence-electron chi connectivity index (χ3n) is 3.81. The topological polar surface area (TPSA) is 92.7 Å². The average Bonchev–Trinajstić information content (AvgIpc) is 2.56. The smallest absolute Gasteiger partial charge is 0.534 e. The number of carbonyl (C=O) groups is 1. The first-order chi connectivity index (χ1) is 13.1. The fourth-order valence-corrected chi connectivity index (χ4v) is 3.14. The number of carbonyl (C=O) groups excluding carboxylic acids is 1. The van der Waals surface area contributed by atoms with Crippen LogP contribution in [0, 0.1) is 12.7 Å². The second-order valence-electron chi connectivity index (χ2n) is 7.14. The van der Waals surface area contributed by atoms with Crippen LogP contribution in [0.3, 0.4) is 0 Å². The predicted molar refractivity (Wildman–Crippen MR) is 92.8 cm³/mol. The normalized spacial score (nSPS) is 14.1. The van der Waals surface area contributed by atoms with Crippen molar-refractivity contribution in [3.05, 3.63) is 41.2 Å². The number of carboxylic acid groups (broad SMARTS) is 1. The van der Waals surface area contributed by atoms with Crippen LogP contribution in [0.4, 0.5) is 17.6 Å². The largest absolute Gasteiger partial charge is 0.547 e. The Hall–Kier alpha value is -2.40. The standard InChI is InChI=1S/C18H18F4O6S/c1-9-12(15(16(23)24)27-17(2,3)4)14(28-29(25,26)18(20,21)22)11-8-6-5-7-10(11)13(9)19/h5-8,15H,1-4H3,(H,23,24)/p-1. The SMILES string of the molecule is Cc1c(C(OC(C)(C)C)C(=O)[O-])c(OS(=O)(=O)C(F)(F)F)c2ccccc2c1F. The van der Waals surface area contributed by atoms with E-state index in [2.05, 4.69) is 4.18 Å². The maximum absolute atomic E-state index is 14.9. The summed E-state index contributed by atoms with van der Waals surface area (Å²) in [6.07, 6.45) is -2.10. The Morgan fingerprint density at radius 1 is 1.10 bits per heavy atom. The molecule has 0 bridgehead atoms. The lowest BCUT2D eigenvalue weighted by Crippen LogP contribution is -2.37. The minimum absolute atomic E-state index is 0.256. The number of alkyl halides is 3. The maximum atomic E-state index is 14.9. The van der Waals surface area contributed by atoms with E-state index < -0.39 is 56.0 Å². The second-order valence-corrected chi connectivity index (χ2v) is 8.68. The Bertz CT molecular complexity index is 1050. The van der Waals surface area contributed by atoms with Crippen molar-refractivity contribution < 1.29 is 44.8 Å². The van der Waals surface area contributed by atoms with Gasteiger partial charge >= 0.3 is 15.6 Å². The molecule has 0 aliphatic heterocycles. The number of aliphatic carboxylic acids is 1. The van der Waals surface area contributed by atoms with Crippen molar-refractivity contribution in [2.75, 3.05) is 0 Å². The van der Waals surface area contributed by atoms with Crippen molar-refractivity contribution >= 4 is 26.9 Å². The van der Waals surface area contributed by atoms with Crippen LogP contribution in [-0.2, 0) is 19.6 Å². The maximum Gasteiger partial charge on any atom is 0.534 e. The van der Waals surface area contributed by atoms with E-state index in [9.17, 15) is 35.9 Å². The van der Waals surface area contributed by atoms with Gasteiger partial charge < -0.3 is 18.8 Å². The molecule has 1 unspecified atom stereocenters. The molecular formula is C18H17F4O6S-. The van der Waals surface area contributed by atoms with Crippen LogP contribution < -0.4 is 9.29 Å². The summed E-state index contributed by atoms with van der Waals surface area (Å²) in [6, 6.07) is 4.96. The molecule has 0 heterocycles. The lowest BCUT2D eigenvalue weighted by Gasteiger charge is -2.31. The second kappa shape index (κ2) is 7.45. The van der Waals surface area contributed by atoms with E-state index in [0.717, 1.165) is 13.0 Å². The number of halogens is 4. The molecule has 0 fully saturated rings. The van der Waals surface area contributed by atoms with Gasteiger partial charge in [0.05, 0.1) is 11.6 Å². The van der Waals surface area contributed by atoms with Crippen LogP contribution in [0.5, 0.6) is 5.75 Å². The van der Waals surface area contributed by atoms with Crippen molar-refractivity contribution in [1.82, 2.24) is 0 Å². The molecule has 160 valence electrons. The van der Waals surface area contributed by atoms with Crippen molar-refractivity contribution in [3.63, 3.8) is 0 Å². The molecule has 0 saturated heterocycles. The van der Waals surface area contributed by atoms with E-state index in [1.165, 1.54) is 39.0 Å². The molecule has 0 N–H and O–H groups in total. The highest BCUT2D eigenvalue weighted by molar-refractivity contribution is 7.88. The summed E-state index contributed by atoms with van der Waals surface area (Å²) in [5.41, 5.74) is -8.12. The van der Waals surface area contributed by atoms with Crippen LogP contribution >= 0.6 is 0 Å². The first-order valence-electron chi connectivity index (χ1n) is 8.17. The van der Waals surface area contributed by atoms with Gasteiger partial charge in [0.1, 0.15) is 11.9 Å². The summed E-state index contributed by atoms with van der Waals surface area (Å²) >= 11 is 0. The number of hydrogen-bond donors (Lipinski definition) is 0. The Labute approximate surface area is 164 Å². The number of rotatable bonds is 5. The lowest BCUT2D eigenvalue weighted by atomic mass is 9.95. The van der Waals surface area contributed by atoms with Gasteiger partial charge in [-0.15, -0.1) is 0 Å². The van der Waals surface area contributed by atoms with E-state index in [1.807, 2.05) is 0 Å². The Balaban J connectivity index is 2.93. The van der Waals surface area contributed by atoms with Gasteiger partial charge in [0, 0.05) is 16.3 Å². The summed E-state index contributed by atoms with van der Waals surface area (Å²) in [4.78, 5) is 11.7. The quantitative estimate of drug-likeness (QED) is 0.406. The van der Waals surface area contributed by atoms with Crippen LogP contribution in [0.15, 0.2) is 24.3 Å². The zero-order chi connectivity index (χ0) is 22.4. The van der Waals surface area contributed by atoms with Crippen LogP contribution in [0.25, 0.3) is 10.8 Å². The van der Waals surface area contributed by atoms with Gasteiger partial charge in [-0.25, -0.2) is 4.39 Å². The molecule has 0 aliphatic rings. The van der Waals surface area contributed by atoms with Crippen molar-refractivity contribution in [1.29, 1.82) is 0 Å². The number of benzene rings is 2. The van der Waals surface area contributed by atoms with Crippen LogP contribution in [-0.4, -0.2) is 25.5 Å². The van der Waals surface area contributed by atoms with E-state index in [4.69, 9.17) is 4.74 Å². The molecule has 0 saturated carbocycles. The van der Waals surface area contributed by atoms with Crippen molar-refractivity contribution in [2.45, 2.75) is 44.9 Å². The summed E-state index contributed by atoms with van der Waals surface area (Å²) in [5, 5.41) is 11.1. The Morgan fingerprint density at radius 2 is 1.62 bits per heavy atom. The summed E-state index contributed by atoms with van der Waals surface area (Å²) in [5.74, 6) is -3.86. The van der Waals surface area contributed by atoms with E-state index in [1.54, 1.807) is 0 Å². The van der Waals surface area contributed by atoms with E-state index in [-0.39, 0.29) is 10.8 Å². The first-order valence-corrected chi connectivity index (χ1v) is 9.58. The highest BCUT2D eigenvalue weighted by Gasteiger charge is 2.49. The number of carboxylic acids is 1. The molecule has 2 rings (SSSR count). The molecule has 1 atom stereocenters. The molecule has 29 heavy (non-hydrogen) atoms. The molecular weight excluding hydrogens is 420 g/mol. The van der Waals surface area contributed by atoms with Gasteiger partial charge in [-0.3, -0.25) is 0 Å². The van der Waals surface area contributed by atoms with E-state index >= 15 is 0 Å². The molecule has 0 aromatic heterocycles. The highest BCUT2D eigenvalue weighted by atomic mass is 32.2. The molecule has 0 amide bonds. The van der Waals surface area contributed by atoms with Crippen molar-refractivity contribution in [2.24, 2.45) is 0 Å². The van der Waals surface area contributed by atoms with E-state index in [0.29, 0.717) is 0 Å². The summed E-state index contributed by atoms with van der Waals surface area (Å²) < 4.78 is 86.5. The zero-order valence-electron chi connectivity index (χ0n) is 15.8. The molecule has 0 spiro atoms. The Morgan fingerprint density at radius 3 is 2.07 bits per heavy atom. The Kier molecular flexibility index (Phi) is 5.88. The lowest BCUT2D eigenvalue weighted by molar-refractivity contribution is -0.321. The van der Waals surface area contributed by atoms with Crippen LogP contribution in [0.1, 0.15) is 38.0 Å². The monoisotopic (exact) mass is 437 g/mol. The third kappa shape index (κ3) is 4.61. The minimum Gasteiger partial charge on any atom is -0.547 e. The van der Waals surface area contributed by atoms with Gasteiger partial charge in [-0.05, 0) is 33.3 Å². The van der Waals surface area contributed by atoms with Gasteiger partial charge in [0.25, 0.3) is 0 Å². The summed E-state index contributed by atoms with van der Waals surface area (Å²) in [6.45, 7) is 5.42. The molecule has 0 aliphatic carbocycles.